The van der Waals surface area contributed by atoms with E-state index in [9.17, 15) is 4.79 Å². The number of nitrogens with one attached hydrogen (secondary N) is 1. The predicted octanol–water partition coefficient (Wildman–Crippen LogP) is 3.08. The van der Waals surface area contributed by atoms with E-state index in [0.717, 1.165) is 25.7 Å². The minimum atomic E-state index is -0.128. The first kappa shape index (κ1) is 14.5. The number of rotatable bonds is 5. The lowest BCUT2D eigenvalue weighted by Crippen LogP contribution is -2.39. The van der Waals surface area contributed by atoms with Gasteiger partial charge in [-0.2, -0.15) is 0 Å². The molecular weight excluding hydrogens is 256 g/mol. The molecule has 0 aliphatic heterocycles. The topological polar surface area (TPSA) is 55.1 Å². The van der Waals surface area contributed by atoms with Crippen LogP contribution in [-0.4, -0.2) is 11.9 Å². The Labute approximate surface area is 119 Å². The molecule has 1 aromatic heterocycles. The Morgan fingerprint density at radius 3 is 2.53 bits per heavy atom. The van der Waals surface area contributed by atoms with E-state index in [1.165, 1.54) is 4.88 Å². The van der Waals surface area contributed by atoms with Crippen molar-refractivity contribution in [1.29, 1.82) is 0 Å². The van der Waals surface area contributed by atoms with Crippen molar-refractivity contribution >= 4 is 17.2 Å². The molecule has 0 radical (unpaired) electrons. The van der Waals surface area contributed by atoms with Gasteiger partial charge in [-0.1, -0.05) is 19.9 Å². The highest BCUT2D eigenvalue weighted by Gasteiger charge is 2.27. The third-order valence-electron chi connectivity index (χ3n) is 4.06. The largest absolute Gasteiger partial charge is 0.369 e. The summed E-state index contributed by atoms with van der Waals surface area (Å²) in [5.41, 5.74) is 5.38. The minimum absolute atomic E-state index is 0.0947. The predicted molar refractivity (Wildman–Crippen MR) is 80.0 cm³/mol. The highest BCUT2D eigenvalue weighted by Crippen LogP contribution is 2.30. The van der Waals surface area contributed by atoms with Gasteiger partial charge in [0.2, 0.25) is 5.91 Å². The average Bonchev–Trinajstić information content (AvgIpc) is 2.89. The van der Waals surface area contributed by atoms with Crippen LogP contribution in [0, 0.1) is 11.8 Å². The van der Waals surface area contributed by atoms with Crippen LogP contribution in [0.5, 0.6) is 0 Å². The molecule has 106 valence electrons. The molecule has 1 unspecified atom stereocenters. The summed E-state index contributed by atoms with van der Waals surface area (Å²) in [6.07, 6.45) is 3.98. The fourth-order valence-corrected chi connectivity index (χ4v) is 3.83. The Morgan fingerprint density at radius 1 is 1.37 bits per heavy atom. The van der Waals surface area contributed by atoms with E-state index in [0.29, 0.717) is 18.0 Å². The molecule has 0 saturated heterocycles. The first-order chi connectivity index (χ1) is 9.08. The van der Waals surface area contributed by atoms with Crippen LogP contribution >= 0.6 is 11.3 Å². The third kappa shape index (κ3) is 3.80. The second-order valence-corrected chi connectivity index (χ2v) is 6.83. The highest BCUT2D eigenvalue weighted by atomic mass is 32.1. The van der Waals surface area contributed by atoms with Gasteiger partial charge in [-0.3, -0.25) is 4.79 Å². The maximum atomic E-state index is 11.2. The van der Waals surface area contributed by atoms with Gasteiger partial charge >= 0.3 is 0 Å². The van der Waals surface area contributed by atoms with Crippen molar-refractivity contribution in [3.8, 4) is 0 Å². The number of nitrogens with two attached hydrogens (primary N) is 1. The fourth-order valence-electron chi connectivity index (χ4n) is 2.87. The van der Waals surface area contributed by atoms with E-state index in [1.54, 1.807) is 0 Å². The summed E-state index contributed by atoms with van der Waals surface area (Å²) < 4.78 is 0. The van der Waals surface area contributed by atoms with Gasteiger partial charge in [0.05, 0.1) is 0 Å². The first-order valence-electron chi connectivity index (χ1n) is 7.16. The van der Waals surface area contributed by atoms with Gasteiger partial charge in [0.25, 0.3) is 0 Å². The van der Waals surface area contributed by atoms with Crippen LogP contribution in [0.4, 0.5) is 0 Å². The SMILES string of the molecule is CC(C)C(NC1CCC(C(N)=O)CC1)c1cccs1. The number of hydrogen-bond donors (Lipinski definition) is 2. The van der Waals surface area contributed by atoms with Crippen molar-refractivity contribution in [2.24, 2.45) is 17.6 Å². The molecule has 2 rings (SSSR count). The van der Waals surface area contributed by atoms with Gasteiger partial charge in [0.15, 0.2) is 0 Å². The van der Waals surface area contributed by atoms with Crippen LogP contribution in [0.1, 0.15) is 50.4 Å². The molecule has 1 fully saturated rings. The van der Waals surface area contributed by atoms with Crippen LogP contribution in [-0.2, 0) is 4.79 Å². The lowest BCUT2D eigenvalue weighted by atomic mass is 9.85. The van der Waals surface area contributed by atoms with E-state index in [4.69, 9.17) is 5.73 Å². The summed E-state index contributed by atoms with van der Waals surface area (Å²) in [5.74, 6) is 0.543. The van der Waals surface area contributed by atoms with E-state index in [2.05, 4.69) is 36.7 Å². The molecule has 1 saturated carbocycles. The van der Waals surface area contributed by atoms with Crippen LogP contribution < -0.4 is 11.1 Å². The second kappa shape index (κ2) is 6.53. The van der Waals surface area contributed by atoms with Crippen molar-refractivity contribution in [3.05, 3.63) is 22.4 Å². The van der Waals surface area contributed by atoms with Crippen LogP contribution in [0.25, 0.3) is 0 Å². The molecule has 1 amide bonds. The van der Waals surface area contributed by atoms with E-state index < -0.39 is 0 Å². The minimum Gasteiger partial charge on any atom is -0.369 e. The van der Waals surface area contributed by atoms with Crippen molar-refractivity contribution in [1.82, 2.24) is 5.32 Å². The maximum absolute atomic E-state index is 11.2. The highest BCUT2D eigenvalue weighted by molar-refractivity contribution is 7.10. The van der Waals surface area contributed by atoms with E-state index in [1.807, 2.05) is 11.3 Å². The number of hydrogen-bond acceptors (Lipinski definition) is 3. The summed E-state index contributed by atoms with van der Waals surface area (Å²) in [6, 6.07) is 5.26. The first-order valence-corrected chi connectivity index (χ1v) is 8.04. The molecular formula is C15H24N2OS. The standard InChI is InChI=1S/C15H24N2OS/c1-10(2)14(13-4-3-9-19-13)17-12-7-5-11(6-8-12)15(16)18/h3-4,9-12,14,17H,5-8H2,1-2H3,(H2,16,18). The summed E-state index contributed by atoms with van der Waals surface area (Å²) in [6.45, 7) is 4.51. The molecule has 1 aliphatic carbocycles. The number of amides is 1. The smallest absolute Gasteiger partial charge is 0.220 e. The fraction of sp³-hybridized carbons (Fsp3) is 0.667. The molecule has 19 heavy (non-hydrogen) atoms. The van der Waals surface area contributed by atoms with Crippen LogP contribution in [0.2, 0.25) is 0 Å². The Bertz CT molecular complexity index is 394. The molecule has 1 aromatic rings. The van der Waals surface area contributed by atoms with Gasteiger partial charge < -0.3 is 11.1 Å². The van der Waals surface area contributed by atoms with Gasteiger partial charge in [-0.15, -0.1) is 11.3 Å². The summed E-state index contributed by atoms with van der Waals surface area (Å²) in [4.78, 5) is 12.6. The molecule has 1 atom stereocenters. The average molecular weight is 280 g/mol. The van der Waals surface area contributed by atoms with E-state index in [-0.39, 0.29) is 11.8 Å². The number of carbonyl (C=O) groups excluding carboxylic acids is 1. The zero-order chi connectivity index (χ0) is 13.8. The lowest BCUT2D eigenvalue weighted by molar-refractivity contribution is -0.122. The molecule has 1 heterocycles. The summed E-state index contributed by atoms with van der Waals surface area (Å²) >= 11 is 1.82. The second-order valence-electron chi connectivity index (χ2n) is 5.85. The zero-order valence-electron chi connectivity index (χ0n) is 11.8. The number of thiophene rings is 1. The van der Waals surface area contributed by atoms with E-state index >= 15 is 0 Å². The molecule has 0 aromatic carbocycles. The summed E-state index contributed by atoms with van der Waals surface area (Å²) in [7, 11) is 0. The van der Waals surface area contributed by atoms with Gasteiger partial charge in [-0.05, 0) is 43.0 Å². The molecule has 0 bridgehead atoms. The van der Waals surface area contributed by atoms with Crippen LogP contribution in [0.3, 0.4) is 0 Å². The summed E-state index contributed by atoms with van der Waals surface area (Å²) in [5, 5.41) is 5.91. The van der Waals surface area contributed by atoms with Crippen molar-refractivity contribution < 1.29 is 4.79 Å². The van der Waals surface area contributed by atoms with Gasteiger partial charge in [0.1, 0.15) is 0 Å². The van der Waals surface area contributed by atoms with Crippen LogP contribution in [0.15, 0.2) is 17.5 Å². The third-order valence-corrected chi connectivity index (χ3v) is 5.02. The maximum Gasteiger partial charge on any atom is 0.220 e. The number of primary amides is 1. The zero-order valence-corrected chi connectivity index (χ0v) is 12.6. The number of carbonyl (C=O) groups is 1. The quantitative estimate of drug-likeness (QED) is 0.871. The Morgan fingerprint density at radius 2 is 2.05 bits per heavy atom. The lowest BCUT2D eigenvalue weighted by Gasteiger charge is -2.32. The van der Waals surface area contributed by atoms with Crippen molar-refractivity contribution in [3.63, 3.8) is 0 Å². The molecule has 1 aliphatic rings. The normalized spacial score (nSPS) is 25.4. The van der Waals surface area contributed by atoms with Gasteiger partial charge in [0, 0.05) is 22.9 Å². The molecule has 3 N–H and O–H groups in total. The molecule has 0 spiro atoms. The van der Waals surface area contributed by atoms with Crippen molar-refractivity contribution in [2.75, 3.05) is 0 Å². The van der Waals surface area contributed by atoms with Gasteiger partial charge in [-0.25, -0.2) is 0 Å². The molecule has 4 heteroatoms. The van der Waals surface area contributed by atoms with Crippen molar-refractivity contribution in [2.45, 2.75) is 51.6 Å². The Kier molecular flexibility index (Phi) is 4.99. The Balaban J connectivity index is 1.91. The monoisotopic (exact) mass is 280 g/mol. The molecule has 3 nitrogen and oxygen atoms in total. The Hall–Kier alpha value is -0.870.